The summed E-state index contributed by atoms with van der Waals surface area (Å²) in [6, 6.07) is 12.9. The van der Waals surface area contributed by atoms with Crippen LogP contribution in [0.15, 0.2) is 59.0 Å². The molecule has 2 aliphatic rings. The van der Waals surface area contributed by atoms with Crippen molar-refractivity contribution >= 4 is 63.7 Å². The van der Waals surface area contributed by atoms with Crippen molar-refractivity contribution < 1.29 is 38.5 Å². The predicted octanol–water partition coefficient (Wildman–Crippen LogP) is 7.18. The molecule has 2 aliphatic heterocycles. The van der Waals surface area contributed by atoms with Crippen molar-refractivity contribution in [3.63, 3.8) is 0 Å². The Morgan fingerprint density at radius 3 is 2.32 bits per heavy atom. The van der Waals surface area contributed by atoms with E-state index in [0.29, 0.717) is 36.3 Å². The maximum absolute atomic E-state index is 14.0. The zero-order valence-electron chi connectivity index (χ0n) is 40.2. The van der Waals surface area contributed by atoms with E-state index in [9.17, 15) is 24.3 Å². The van der Waals surface area contributed by atoms with Crippen LogP contribution in [0.25, 0.3) is 15.4 Å². The first-order valence-electron chi connectivity index (χ1n) is 23.2. The second-order valence-corrected chi connectivity index (χ2v) is 21.0. The van der Waals surface area contributed by atoms with Crippen LogP contribution in [0.3, 0.4) is 0 Å². The lowest BCUT2D eigenvalue weighted by Crippen LogP contribution is -2.58. The largest absolute Gasteiger partial charge is 0.463 e. The fourth-order valence-corrected chi connectivity index (χ4v) is 10.6. The standard InChI is InChI=1S/C50H61ClN8O8S2/c1-29-31(3)69-49-42(29)43(34-15-17-36(51)18-16-34)54-38(46-57-56-32(4)59(46)49)24-41(62)67-22-21-65-19-9-8-10-20-66-27-40(61)55-45(50(5,6)7)48(64)58-26-37(60)23-39(58)47(63)52-25-33-11-13-35(14-12-33)44-30(2)53-28-68-44/h11-18,28,37-39,45,60H,8-10,19-27H2,1-7H3,(H,52,63)(H,55,61)/t37-,38+,39+,45-/m1/s1. The Bertz CT molecular complexity index is 2640. The van der Waals surface area contributed by atoms with Gasteiger partial charge in [0.2, 0.25) is 17.7 Å². The van der Waals surface area contributed by atoms with Crippen LogP contribution in [0, 0.1) is 33.1 Å². The molecule has 5 aromatic rings. The quantitative estimate of drug-likeness (QED) is 0.0527. The number of ether oxygens (including phenoxy) is 3. The minimum absolute atomic E-state index is 0.0151. The first kappa shape index (κ1) is 51.5. The normalized spacial score (nSPS) is 17.1. The number of aliphatic imine (C=N–C) groups is 1. The van der Waals surface area contributed by atoms with E-state index in [2.05, 4.69) is 39.7 Å². The van der Waals surface area contributed by atoms with Gasteiger partial charge in [-0.2, -0.15) is 0 Å². The molecule has 2 aromatic carbocycles. The minimum Gasteiger partial charge on any atom is -0.463 e. The molecule has 0 bridgehead atoms. The number of unbranched alkanes of at least 4 members (excludes halogenated alkanes) is 2. The number of amides is 3. The number of nitrogens with one attached hydrogen (secondary N) is 2. The van der Waals surface area contributed by atoms with Crippen molar-refractivity contribution in [1.29, 1.82) is 0 Å². The Morgan fingerprint density at radius 2 is 1.62 bits per heavy atom. The number of carbonyl (C=O) groups is 4. The van der Waals surface area contributed by atoms with E-state index >= 15 is 0 Å². The van der Waals surface area contributed by atoms with Gasteiger partial charge in [0.25, 0.3) is 0 Å². The molecular weight excluding hydrogens is 940 g/mol. The smallest absolute Gasteiger partial charge is 0.308 e. The Hall–Kier alpha value is -5.37. The third-order valence-electron chi connectivity index (χ3n) is 12.2. The summed E-state index contributed by atoms with van der Waals surface area (Å²) < 4.78 is 19.0. The molecule has 368 valence electrons. The summed E-state index contributed by atoms with van der Waals surface area (Å²) in [6.45, 7) is 14.6. The van der Waals surface area contributed by atoms with Crippen molar-refractivity contribution in [3.8, 4) is 15.4 Å². The molecule has 0 radical (unpaired) electrons. The van der Waals surface area contributed by atoms with Gasteiger partial charge >= 0.3 is 5.97 Å². The first-order valence-corrected chi connectivity index (χ1v) is 25.3. The number of hydrogen-bond donors (Lipinski definition) is 3. The average molecular weight is 1000 g/mol. The molecule has 4 atom stereocenters. The molecule has 0 unspecified atom stereocenters. The van der Waals surface area contributed by atoms with Crippen LogP contribution < -0.4 is 10.6 Å². The van der Waals surface area contributed by atoms with Crippen LogP contribution in [-0.2, 0) is 39.9 Å². The topological polar surface area (TPSA) is 199 Å². The van der Waals surface area contributed by atoms with Crippen molar-refractivity contribution in [2.24, 2.45) is 10.4 Å². The molecule has 69 heavy (non-hydrogen) atoms. The number of aryl methyl sites for hydroxylation is 3. The van der Waals surface area contributed by atoms with Gasteiger partial charge in [-0.25, -0.2) is 4.98 Å². The van der Waals surface area contributed by atoms with E-state index in [1.807, 2.05) is 93.2 Å². The van der Waals surface area contributed by atoms with Crippen molar-refractivity contribution in [2.75, 3.05) is 39.6 Å². The summed E-state index contributed by atoms with van der Waals surface area (Å²) in [4.78, 5) is 66.7. The number of β-amino-alcohol motifs (C(OH)–C–C–N with tert-alkyl or cyclic N) is 1. The van der Waals surface area contributed by atoms with E-state index in [0.717, 1.165) is 66.8 Å². The van der Waals surface area contributed by atoms with E-state index in [-0.39, 0.29) is 51.7 Å². The van der Waals surface area contributed by atoms with Gasteiger partial charge in [-0.15, -0.1) is 32.9 Å². The highest BCUT2D eigenvalue weighted by Gasteiger charge is 2.44. The van der Waals surface area contributed by atoms with Gasteiger partial charge < -0.3 is 34.9 Å². The van der Waals surface area contributed by atoms with Gasteiger partial charge in [0.05, 0.1) is 40.9 Å². The van der Waals surface area contributed by atoms with Crippen molar-refractivity contribution in [3.05, 3.63) is 104 Å². The number of thiazole rings is 1. The lowest BCUT2D eigenvalue weighted by molar-refractivity contribution is -0.145. The molecule has 7 rings (SSSR count). The molecule has 3 amide bonds. The molecule has 0 saturated carbocycles. The van der Waals surface area contributed by atoms with Crippen molar-refractivity contribution in [1.82, 2.24) is 35.3 Å². The second-order valence-electron chi connectivity index (χ2n) is 18.5. The Balaban J connectivity index is 0.797. The first-order chi connectivity index (χ1) is 33.0. The van der Waals surface area contributed by atoms with Crippen LogP contribution in [0.1, 0.15) is 103 Å². The van der Waals surface area contributed by atoms with Gasteiger partial charge in [0.1, 0.15) is 42.2 Å². The van der Waals surface area contributed by atoms with Crippen LogP contribution in [-0.4, -0.2) is 117 Å². The van der Waals surface area contributed by atoms with E-state index in [1.54, 1.807) is 22.7 Å². The van der Waals surface area contributed by atoms with Crippen LogP contribution in [0.2, 0.25) is 5.02 Å². The molecule has 1 saturated heterocycles. The highest BCUT2D eigenvalue weighted by molar-refractivity contribution is 7.15. The van der Waals surface area contributed by atoms with Crippen LogP contribution in [0.4, 0.5) is 0 Å². The number of carbonyl (C=O) groups excluding carboxylic acids is 4. The summed E-state index contributed by atoms with van der Waals surface area (Å²) in [6.07, 6.45) is 1.40. The highest BCUT2D eigenvalue weighted by Crippen LogP contribution is 2.40. The lowest BCUT2D eigenvalue weighted by atomic mass is 9.85. The third kappa shape index (κ3) is 12.7. The van der Waals surface area contributed by atoms with Gasteiger partial charge in [0.15, 0.2) is 5.82 Å². The summed E-state index contributed by atoms with van der Waals surface area (Å²) >= 11 is 9.44. The van der Waals surface area contributed by atoms with Crippen molar-refractivity contribution in [2.45, 2.75) is 111 Å². The molecule has 0 aliphatic carbocycles. The number of halogens is 1. The summed E-state index contributed by atoms with van der Waals surface area (Å²) in [7, 11) is 0. The number of hydrogen-bond acceptors (Lipinski definition) is 14. The average Bonchev–Trinajstić information content (AvgIpc) is 4.08. The van der Waals surface area contributed by atoms with Gasteiger partial charge in [-0.3, -0.25) is 28.7 Å². The van der Waals surface area contributed by atoms with Crippen LogP contribution >= 0.6 is 34.3 Å². The number of aromatic nitrogens is 4. The number of aliphatic hydroxyl groups is 1. The molecule has 3 N–H and O–H groups in total. The van der Waals surface area contributed by atoms with Crippen LogP contribution in [0.5, 0.6) is 0 Å². The number of aliphatic hydroxyl groups excluding tert-OH is 1. The Morgan fingerprint density at radius 1 is 0.913 bits per heavy atom. The third-order valence-corrected chi connectivity index (χ3v) is 14.7. The maximum Gasteiger partial charge on any atom is 0.308 e. The maximum atomic E-state index is 14.0. The molecule has 19 heteroatoms. The summed E-state index contributed by atoms with van der Waals surface area (Å²) in [5.74, 6) is -0.402. The monoisotopic (exact) mass is 1000 g/mol. The van der Waals surface area contributed by atoms with Gasteiger partial charge in [0, 0.05) is 53.8 Å². The number of esters is 1. The summed E-state index contributed by atoms with van der Waals surface area (Å²) in [5, 5.41) is 26.7. The highest BCUT2D eigenvalue weighted by atomic mass is 35.5. The molecule has 0 spiro atoms. The predicted molar refractivity (Wildman–Crippen MR) is 266 cm³/mol. The summed E-state index contributed by atoms with van der Waals surface area (Å²) in [5.41, 5.74) is 7.76. The number of likely N-dealkylation sites (tertiary alicyclic amines) is 1. The number of thiophene rings is 1. The van der Waals surface area contributed by atoms with Gasteiger partial charge in [-0.1, -0.05) is 68.8 Å². The zero-order chi connectivity index (χ0) is 49.4. The molecule has 5 heterocycles. The number of benzene rings is 2. The van der Waals surface area contributed by atoms with E-state index in [4.69, 9.17) is 30.8 Å². The Labute approximate surface area is 415 Å². The molecule has 1 fully saturated rings. The zero-order valence-corrected chi connectivity index (χ0v) is 42.6. The van der Waals surface area contributed by atoms with E-state index in [1.165, 1.54) is 4.90 Å². The molecule has 16 nitrogen and oxygen atoms in total. The number of nitrogens with zero attached hydrogens (tertiary/aromatic N) is 6. The fourth-order valence-electron chi connectivity index (χ4n) is 8.40. The SMILES string of the molecule is Cc1ncsc1-c1ccc(CNC(=O)[C@@H]2C[C@@H](O)CN2C(=O)[C@@H](NC(=O)COCCCCCOCCOC(=O)C[C@@H]2N=C(c3ccc(Cl)cc3)c3c(sc(C)c3C)-n3c(C)nnc32)C(C)(C)C)cc1. The second kappa shape index (κ2) is 23.0. The molecule has 3 aromatic heterocycles. The number of rotatable bonds is 20. The lowest BCUT2D eigenvalue weighted by Gasteiger charge is -2.35. The number of fused-ring (bicyclic) bond motifs is 3. The molecular formula is C50H61ClN8O8S2. The fraction of sp³-hybridized carbons (Fsp3) is 0.480. The minimum atomic E-state index is -0.957. The van der Waals surface area contributed by atoms with Gasteiger partial charge in [-0.05, 0) is 81.2 Å². The Kier molecular flexibility index (Phi) is 17.2. The van der Waals surface area contributed by atoms with E-state index < -0.39 is 47.4 Å².